The summed E-state index contributed by atoms with van der Waals surface area (Å²) in [6.45, 7) is 6.56. The van der Waals surface area contributed by atoms with Gasteiger partial charge in [-0.3, -0.25) is 4.79 Å². The molecule has 0 amide bonds. The van der Waals surface area contributed by atoms with Crippen LogP contribution in [0.4, 0.5) is 5.69 Å². The first-order valence-electron chi connectivity index (χ1n) is 8.01. The molecule has 110 valence electrons. The van der Waals surface area contributed by atoms with Crippen molar-refractivity contribution in [1.29, 1.82) is 0 Å². The van der Waals surface area contributed by atoms with Crippen LogP contribution in [0.3, 0.4) is 0 Å². The average molecular weight is 273 g/mol. The quantitative estimate of drug-likeness (QED) is 0.773. The summed E-state index contributed by atoms with van der Waals surface area (Å²) in [5.41, 5.74) is 1.97. The third-order valence-electron chi connectivity index (χ3n) is 4.56. The smallest absolute Gasteiger partial charge is 0.162 e. The summed E-state index contributed by atoms with van der Waals surface area (Å²) < 4.78 is 0. The maximum atomic E-state index is 11.6. The van der Waals surface area contributed by atoms with Crippen molar-refractivity contribution in [2.75, 3.05) is 5.32 Å². The number of nitrogens with one attached hydrogen (secondary N) is 1. The highest BCUT2D eigenvalue weighted by molar-refractivity contribution is 5.96. The molecule has 1 aromatic carbocycles. The van der Waals surface area contributed by atoms with Crippen molar-refractivity contribution in [2.24, 2.45) is 11.8 Å². The first kappa shape index (κ1) is 15.1. The van der Waals surface area contributed by atoms with Gasteiger partial charge in [-0.25, -0.2) is 0 Å². The summed E-state index contributed by atoms with van der Waals surface area (Å²) in [7, 11) is 0. The van der Waals surface area contributed by atoms with Crippen LogP contribution in [0.1, 0.15) is 63.2 Å². The van der Waals surface area contributed by atoms with Crippen molar-refractivity contribution in [3.8, 4) is 0 Å². The van der Waals surface area contributed by atoms with Crippen LogP contribution in [0.2, 0.25) is 0 Å². The van der Waals surface area contributed by atoms with Crippen molar-refractivity contribution in [2.45, 2.75) is 58.9 Å². The van der Waals surface area contributed by atoms with Gasteiger partial charge < -0.3 is 5.32 Å². The highest BCUT2D eigenvalue weighted by Crippen LogP contribution is 2.32. The van der Waals surface area contributed by atoms with E-state index in [9.17, 15) is 4.79 Å². The molecule has 0 bridgehead atoms. The Morgan fingerprint density at radius 3 is 2.45 bits per heavy atom. The van der Waals surface area contributed by atoms with Gasteiger partial charge in [0.05, 0.1) is 0 Å². The van der Waals surface area contributed by atoms with Crippen molar-refractivity contribution in [3.63, 3.8) is 0 Å². The van der Waals surface area contributed by atoms with Crippen LogP contribution in [0, 0.1) is 11.8 Å². The molecule has 0 heterocycles. The van der Waals surface area contributed by atoms with Crippen LogP contribution in [0.5, 0.6) is 0 Å². The zero-order valence-corrected chi connectivity index (χ0v) is 13.0. The Morgan fingerprint density at radius 1 is 1.20 bits per heavy atom. The minimum Gasteiger partial charge on any atom is -0.382 e. The Hall–Kier alpha value is -1.31. The first-order chi connectivity index (χ1) is 9.61. The van der Waals surface area contributed by atoms with Gasteiger partial charge in [0.25, 0.3) is 0 Å². The maximum absolute atomic E-state index is 11.6. The lowest BCUT2D eigenvalue weighted by molar-refractivity contribution is 0.0988. The van der Waals surface area contributed by atoms with Gasteiger partial charge in [-0.05, 0) is 48.9 Å². The van der Waals surface area contributed by atoms with E-state index in [1.807, 2.05) is 19.1 Å². The molecule has 1 aliphatic carbocycles. The molecule has 1 saturated carbocycles. The third kappa shape index (κ3) is 3.62. The third-order valence-corrected chi connectivity index (χ3v) is 4.56. The normalized spacial score (nSPS) is 22.8. The molecule has 2 nitrogen and oxygen atoms in total. The van der Waals surface area contributed by atoms with E-state index >= 15 is 0 Å². The highest BCUT2D eigenvalue weighted by atomic mass is 16.1. The maximum Gasteiger partial charge on any atom is 0.162 e. The van der Waals surface area contributed by atoms with Crippen molar-refractivity contribution >= 4 is 11.5 Å². The Balaban J connectivity index is 2.03. The number of hydrogen-bond donors (Lipinski definition) is 1. The number of rotatable bonds is 5. The molecule has 0 saturated heterocycles. The lowest BCUT2D eigenvalue weighted by Gasteiger charge is -2.35. The molecular formula is C18H27NO. The first-order valence-corrected chi connectivity index (χ1v) is 8.01. The van der Waals surface area contributed by atoms with Gasteiger partial charge in [0.15, 0.2) is 5.78 Å². The van der Waals surface area contributed by atoms with E-state index in [1.165, 1.54) is 25.7 Å². The van der Waals surface area contributed by atoms with Gasteiger partial charge in [0.2, 0.25) is 0 Å². The number of carbonyl (C=O) groups is 1. The summed E-state index contributed by atoms with van der Waals surface area (Å²) >= 11 is 0. The summed E-state index contributed by atoms with van der Waals surface area (Å²) in [6.07, 6.45) is 5.86. The van der Waals surface area contributed by atoms with Crippen molar-refractivity contribution in [1.82, 2.24) is 0 Å². The van der Waals surface area contributed by atoms with Crippen LogP contribution in [0.25, 0.3) is 0 Å². The monoisotopic (exact) mass is 273 g/mol. The number of benzene rings is 1. The van der Waals surface area contributed by atoms with E-state index in [1.54, 1.807) is 0 Å². The minimum atomic E-state index is 0.217. The number of anilines is 1. The number of ketones is 1. The summed E-state index contributed by atoms with van der Waals surface area (Å²) in [4.78, 5) is 11.6. The van der Waals surface area contributed by atoms with Gasteiger partial charge in [-0.15, -0.1) is 0 Å². The molecule has 1 aromatic rings. The Labute approximate surface area is 123 Å². The fraction of sp³-hybridized carbons (Fsp3) is 0.611. The molecule has 2 rings (SSSR count). The number of hydrogen-bond acceptors (Lipinski definition) is 2. The molecule has 0 spiro atoms. The summed E-state index contributed by atoms with van der Waals surface area (Å²) in [5, 5.41) is 3.69. The molecule has 1 aliphatic rings. The van der Waals surface area contributed by atoms with E-state index in [4.69, 9.17) is 0 Å². The second-order valence-electron chi connectivity index (χ2n) is 6.30. The van der Waals surface area contributed by atoms with E-state index in [-0.39, 0.29) is 5.78 Å². The van der Waals surface area contributed by atoms with Crippen LogP contribution < -0.4 is 5.32 Å². The predicted molar refractivity (Wildman–Crippen MR) is 85.3 cm³/mol. The number of Topliss-reactive ketones (excluding diaryl/α,β-unsaturated/α-hetero) is 1. The molecule has 2 unspecified atom stereocenters. The molecule has 1 fully saturated rings. The van der Waals surface area contributed by atoms with Crippen LogP contribution in [0.15, 0.2) is 24.3 Å². The SMILES string of the molecule is CCC(=O)c1ccc(NC2CCCCC2C(C)C)cc1. The average Bonchev–Trinajstić information content (AvgIpc) is 2.47. The molecule has 2 atom stereocenters. The van der Waals surface area contributed by atoms with Crippen molar-refractivity contribution < 1.29 is 4.79 Å². The topological polar surface area (TPSA) is 29.1 Å². The Bertz CT molecular complexity index is 435. The summed E-state index contributed by atoms with van der Waals surface area (Å²) in [5.74, 6) is 1.71. The van der Waals surface area contributed by atoms with E-state index in [2.05, 4.69) is 31.3 Å². The highest BCUT2D eigenvalue weighted by Gasteiger charge is 2.27. The minimum absolute atomic E-state index is 0.217. The fourth-order valence-corrected chi connectivity index (χ4v) is 3.31. The molecule has 0 radical (unpaired) electrons. The zero-order valence-electron chi connectivity index (χ0n) is 13.0. The number of carbonyl (C=O) groups excluding carboxylic acids is 1. The van der Waals surface area contributed by atoms with E-state index in [0.29, 0.717) is 12.5 Å². The predicted octanol–water partition coefficient (Wildman–Crippen LogP) is 4.91. The lowest BCUT2D eigenvalue weighted by Crippen LogP contribution is -2.35. The van der Waals surface area contributed by atoms with Gasteiger partial charge in [0, 0.05) is 23.7 Å². The van der Waals surface area contributed by atoms with E-state index in [0.717, 1.165) is 23.1 Å². The molecular weight excluding hydrogens is 246 g/mol. The van der Waals surface area contributed by atoms with Crippen LogP contribution in [-0.4, -0.2) is 11.8 Å². The van der Waals surface area contributed by atoms with Gasteiger partial charge in [0.1, 0.15) is 0 Å². The second kappa shape index (κ2) is 6.92. The zero-order chi connectivity index (χ0) is 14.5. The molecule has 1 N–H and O–H groups in total. The van der Waals surface area contributed by atoms with Crippen LogP contribution >= 0.6 is 0 Å². The molecule has 2 heteroatoms. The molecule has 20 heavy (non-hydrogen) atoms. The van der Waals surface area contributed by atoms with Crippen molar-refractivity contribution in [3.05, 3.63) is 29.8 Å². The second-order valence-corrected chi connectivity index (χ2v) is 6.30. The van der Waals surface area contributed by atoms with Crippen LogP contribution in [-0.2, 0) is 0 Å². The fourth-order valence-electron chi connectivity index (χ4n) is 3.31. The molecule has 0 aliphatic heterocycles. The van der Waals surface area contributed by atoms with Gasteiger partial charge in [-0.2, -0.15) is 0 Å². The van der Waals surface area contributed by atoms with Gasteiger partial charge in [-0.1, -0.05) is 33.6 Å². The lowest BCUT2D eigenvalue weighted by atomic mass is 9.78. The largest absolute Gasteiger partial charge is 0.382 e. The Kier molecular flexibility index (Phi) is 5.22. The summed E-state index contributed by atoms with van der Waals surface area (Å²) in [6, 6.07) is 8.57. The van der Waals surface area contributed by atoms with Gasteiger partial charge >= 0.3 is 0 Å². The van der Waals surface area contributed by atoms with E-state index < -0.39 is 0 Å². The standard InChI is InChI=1S/C18H27NO/c1-4-18(20)14-9-11-15(12-10-14)19-17-8-6-5-7-16(17)13(2)3/h9-13,16-17,19H,4-8H2,1-3H3. The molecule has 0 aromatic heterocycles. The Morgan fingerprint density at radius 2 is 1.85 bits per heavy atom.